The number of rotatable bonds is 15. The van der Waals surface area contributed by atoms with Crippen molar-refractivity contribution in [2.45, 2.75) is 91.3 Å². The summed E-state index contributed by atoms with van der Waals surface area (Å²) in [4.78, 5) is 0. The van der Waals surface area contributed by atoms with E-state index in [1.54, 1.807) is 0 Å². The standard InChI is InChI=1S/C18H38O2S/c1-5-8-9-10-11-12-13-17(16-21)18(4,19-14-6-2)20-15-7-3/h17,21H,5-16H2,1-4H3. The third-order valence-electron chi connectivity index (χ3n) is 4.05. The first-order chi connectivity index (χ1) is 10.1. The maximum atomic E-state index is 6.06. The molecule has 21 heavy (non-hydrogen) atoms. The number of thiol groups is 1. The molecule has 0 rings (SSSR count). The highest BCUT2D eigenvalue weighted by atomic mass is 32.1. The average molecular weight is 319 g/mol. The Labute approximate surface area is 138 Å². The van der Waals surface area contributed by atoms with Gasteiger partial charge in [0.1, 0.15) is 0 Å². The maximum Gasteiger partial charge on any atom is 0.169 e. The summed E-state index contributed by atoms with van der Waals surface area (Å²) >= 11 is 4.55. The van der Waals surface area contributed by atoms with Gasteiger partial charge < -0.3 is 9.47 Å². The monoisotopic (exact) mass is 318 g/mol. The molecule has 3 heteroatoms. The summed E-state index contributed by atoms with van der Waals surface area (Å²) in [5.41, 5.74) is 0. The fourth-order valence-corrected chi connectivity index (χ4v) is 3.09. The molecule has 0 aliphatic heterocycles. The molecular formula is C18H38O2S. The van der Waals surface area contributed by atoms with Crippen molar-refractivity contribution in [1.82, 2.24) is 0 Å². The van der Waals surface area contributed by atoms with Gasteiger partial charge >= 0.3 is 0 Å². The molecule has 0 heterocycles. The van der Waals surface area contributed by atoms with E-state index in [0.717, 1.165) is 38.2 Å². The fraction of sp³-hybridized carbons (Fsp3) is 1.00. The van der Waals surface area contributed by atoms with E-state index in [9.17, 15) is 0 Å². The molecule has 0 N–H and O–H groups in total. The lowest BCUT2D eigenvalue weighted by Crippen LogP contribution is -2.42. The summed E-state index contributed by atoms with van der Waals surface area (Å²) in [6.07, 6.45) is 11.2. The minimum absolute atomic E-state index is 0.380. The highest BCUT2D eigenvalue weighted by Crippen LogP contribution is 2.30. The number of hydrogen-bond acceptors (Lipinski definition) is 3. The first-order valence-corrected chi connectivity index (χ1v) is 9.66. The molecule has 0 saturated carbocycles. The van der Waals surface area contributed by atoms with Crippen LogP contribution in [-0.2, 0) is 9.47 Å². The van der Waals surface area contributed by atoms with Gasteiger partial charge in [-0.25, -0.2) is 0 Å². The van der Waals surface area contributed by atoms with Crippen LogP contribution in [0.25, 0.3) is 0 Å². The van der Waals surface area contributed by atoms with Crippen LogP contribution in [0, 0.1) is 5.92 Å². The Morgan fingerprint density at radius 1 is 0.810 bits per heavy atom. The second-order valence-electron chi connectivity index (χ2n) is 6.15. The van der Waals surface area contributed by atoms with E-state index in [-0.39, 0.29) is 0 Å². The first-order valence-electron chi connectivity index (χ1n) is 9.03. The molecule has 0 aromatic carbocycles. The second kappa shape index (κ2) is 13.9. The molecule has 0 amide bonds. The molecule has 0 aliphatic rings. The Morgan fingerprint density at radius 2 is 1.33 bits per heavy atom. The van der Waals surface area contributed by atoms with E-state index >= 15 is 0 Å². The summed E-state index contributed by atoms with van der Waals surface area (Å²) in [6.45, 7) is 10.2. The minimum Gasteiger partial charge on any atom is -0.350 e. The van der Waals surface area contributed by atoms with Gasteiger partial charge in [0, 0.05) is 19.1 Å². The second-order valence-corrected chi connectivity index (χ2v) is 6.51. The van der Waals surface area contributed by atoms with Crippen molar-refractivity contribution in [2.24, 2.45) is 5.92 Å². The number of hydrogen-bond donors (Lipinski definition) is 1. The zero-order valence-electron chi connectivity index (χ0n) is 14.8. The Bertz CT molecular complexity index is 213. The van der Waals surface area contributed by atoms with Crippen molar-refractivity contribution in [3.8, 4) is 0 Å². The summed E-state index contributed by atoms with van der Waals surface area (Å²) in [5.74, 6) is 0.751. The molecule has 2 nitrogen and oxygen atoms in total. The SMILES string of the molecule is CCCCCCCCC(CS)C(C)(OCCC)OCCC. The minimum atomic E-state index is -0.461. The van der Waals surface area contributed by atoms with Gasteiger partial charge in [-0.05, 0) is 31.9 Å². The van der Waals surface area contributed by atoms with Gasteiger partial charge in [0.2, 0.25) is 0 Å². The normalized spacial score (nSPS) is 13.6. The molecule has 0 saturated heterocycles. The Morgan fingerprint density at radius 3 is 1.81 bits per heavy atom. The van der Waals surface area contributed by atoms with Crippen molar-refractivity contribution in [3.05, 3.63) is 0 Å². The zero-order valence-corrected chi connectivity index (χ0v) is 15.7. The van der Waals surface area contributed by atoms with Crippen molar-refractivity contribution < 1.29 is 9.47 Å². The van der Waals surface area contributed by atoms with Crippen LogP contribution in [0.1, 0.15) is 85.5 Å². The van der Waals surface area contributed by atoms with E-state index in [2.05, 4.69) is 40.3 Å². The summed E-state index contributed by atoms with van der Waals surface area (Å²) in [5, 5.41) is 0. The van der Waals surface area contributed by atoms with Gasteiger partial charge in [0.15, 0.2) is 5.79 Å². The van der Waals surface area contributed by atoms with E-state index in [1.807, 2.05) is 0 Å². The Kier molecular flexibility index (Phi) is 14.1. The van der Waals surface area contributed by atoms with Crippen molar-refractivity contribution in [2.75, 3.05) is 19.0 Å². The van der Waals surface area contributed by atoms with E-state index in [0.29, 0.717) is 5.92 Å². The van der Waals surface area contributed by atoms with Gasteiger partial charge in [-0.1, -0.05) is 59.3 Å². The van der Waals surface area contributed by atoms with Crippen molar-refractivity contribution in [3.63, 3.8) is 0 Å². The van der Waals surface area contributed by atoms with E-state index in [4.69, 9.17) is 9.47 Å². The van der Waals surface area contributed by atoms with E-state index < -0.39 is 5.79 Å². The topological polar surface area (TPSA) is 18.5 Å². The van der Waals surface area contributed by atoms with Crippen LogP contribution in [0.3, 0.4) is 0 Å². The van der Waals surface area contributed by atoms with Crippen LogP contribution in [0.2, 0.25) is 0 Å². The van der Waals surface area contributed by atoms with Crippen molar-refractivity contribution in [1.29, 1.82) is 0 Å². The predicted octanol–water partition coefficient (Wildman–Crippen LogP) is 5.85. The fourth-order valence-electron chi connectivity index (χ4n) is 2.58. The lowest BCUT2D eigenvalue weighted by molar-refractivity contribution is -0.253. The molecule has 1 atom stereocenters. The van der Waals surface area contributed by atoms with Gasteiger partial charge in [-0.3, -0.25) is 0 Å². The molecule has 0 spiro atoms. The van der Waals surface area contributed by atoms with Crippen LogP contribution in [-0.4, -0.2) is 24.8 Å². The Balaban J connectivity index is 4.24. The lowest BCUT2D eigenvalue weighted by atomic mass is 9.94. The number of ether oxygens (including phenoxy) is 2. The average Bonchev–Trinajstić information content (AvgIpc) is 2.50. The highest BCUT2D eigenvalue weighted by molar-refractivity contribution is 7.80. The maximum absolute atomic E-state index is 6.06. The van der Waals surface area contributed by atoms with Crippen molar-refractivity contribution >= 4 is 12.6 Å². The van der Waals surface area contributed by atoms with E-state index in [1.165, 1.54) is 38.5 Å². The van der Waals surface area contributed by atoms with Crippen LogP contribution in [0.15, 0.2) is 0 Å². The highest BCUT2D eigenvalue weighted by Gasteiger charge is 2.34. The molecule has 0 radical (unpaired) electrons. The molecule has 1 unspecified atom stereocenters. The quantitative estimate of drug-likeness (QED) is 0.232. The van der Waals surface area contributed by atoms with Gasteiger partial charge in [0.05, 0.1) is 0 Å². The van der Waals surface area contributed by atoms with Gasteiger partial charge in [0.25, 0.3) is 0 Å². The third-order valence-corrected chi connectivity index (χ3v) is 4.49. The molecule has 0 bridgehead atoms. The van der Waals surface area contributed by atoms with Gasteiger partial charge in [-0.15, -0.1) is 0 Å². The zero-order chi connectivity index (χ0) is 16.0. The third kappa shape index (κ3) is 9.80. The lowest BCUT2D eigenvalue weighted by Gasteiger charge is -2.37. The largest absolute Gasteiger partial charge is 0.350 e. The number of unbranched alkanes of at least 4 members (excludes halogenated alkanes) is 5. The smallest absolute Gasteiger partial charge is 0.169 e. The summed E-state index contributed by atoms with van der Waals surface area (Å²) in [7, 11) is 0. The van der Waals surface area contributed by atoms with Crippen LogP contribution in [0.4, 0.5) is 0 Å². The van der Waals surface area contributed by atoms with Crippen LogP contribution < -0.4 is 0 Å². The molecule has 0 aromatic rings. The Hall–Kier alpha value is 0.270. The molecule has 0 aliphatic carbocycles. The molecular weight excluding hydrogens is 280 g/mol. The predicted molar refractivity (Wildman–Crippen MR) is 96.2 cm³/mol. The molecule has 128 valence electrons. The van der Waals surface area contributed by atoms with Gasteiger partial charge in [-0.2, -0.15) is 12.6 Å². The first kappa shape index (κ1) is 21.3. The summed E-state index contributed by atoms with van der Waals surface area (Å²) < 4.78 is 12.1. The molecule has 0 fully saturated rings. The molecule has 0 aromatic heterocycles. The summed E-state index contributed by atoms with van der Waals surface area (Å²) in [6, 6.07) is 0. The van der Waals surface area contributed by atoms with Crippen LogP contribution in [0.5, 0.6) is 0 Å². The van der Waals surface area contributed by atoms with Crippen LogP contribution >= 0.6 is 12.6 Å².